The van der Waals surface area contributed by atoms with Crippen LogP contribution in [0.25, 0.3) is 11.1 Å². The van der Waals surface area contributed by atoms with Crippen LogP contribution in [0, 0.1) is 5.92 Å². The fourth-order valence-electron chi connectivity index (χ4n) is 5.04. The molecule has 0 unspecified atom stereocenters. The lowest BCUT2D eigenvalue weighted by atomic mass is 9.93. The van der Waals surface area contributed by atoms with Crippen molar-refractivity contribution < 1.29 is 9.53 Å². The smallest absolute Gasteiger partial charge is 0.250 e. The lowest BCUT2D eigenvalue weighted by Crippen LogP contribution is -2.41. The third-order valence-electron chi connectivity index (χ3n) is 6.87. The fourth-order valence-corrected chi connectivity index (χ4v) is 5.04. The van der Waals surface area contributed by atoms with Crippen molar-refractivity contribution >= 4 is 5.91 Å². The van der Waals surface area contributed by atoms with Crippen molar-refractivity contribution in [3.63, 3.8) is 0 Å². The summed E-state index contributed by atoms with van der Waals surface area (Å²) >= 11 is 0. The quantitative estimate of drug-likeness (QED) is 0.811. The van der Waals surface area contributed by atoms with Gasteiger partial charge in [0.05, 0.1) is 18.8 Å². The zero-order valence-corrected chi connectivity index (χ0v) is 16.7. The number of piperidine rings is 1. The Morgan fingerprint density at radius 3 is 2.62 bits per heavy atom. The highest BCUT2D eigenvalue weighted by molar-refractivity contribution is 5.93. The summed E-state index contributed by atoms with van der Waals surface area (Å²) in [5, 5.41) is 0. The Morgan fingerprint density at radius 1 is 1.10 bits per heavy atom. The Bertz CT molecular complexity index is 894. The number of hydrogen-bond donors (Lipinski definition) is 1. The molecule has 3 fully saturated rings. The van der Waals surface area contributed by atoms with Crippen LogP contribution in [0.5, 0.6) is 0 Å². The monoisotopic (exact) mass is 392 g/mol. The van der Waals surface area contributed by atoms with Gasteiger partial charge in [0.1, 0.15) is 0 Å². The SMILES string of the molecule is NC(=O)c1cncc(-c2ccc([C@]34C[C@H]3CN(CCN3CCOCC3)C4)cc2)c1. The number of nitrogens with two attached hydrogens (primary N) is 1. The van der Waals surface area contributed by atoms with Crippen molar-refractivity contribution in [1.29, 1.82) is 0 Å². The van der Waals surface area contributed by atoms with Gasteiger partial charge in [0.2, 0.25) is 5.91 Å². The summed E-state index contributed by atoms with van der Waals surface area (Å²) in [6.45, 7) is 8.56. The number of hydrogen-bond acceptors (Lipinski definition) is 5. The van der Waals surface area contributed by atoms with Gasteiger partial charge in [0.25, 0.3) is 0 Å². The van der Waals surface area contributed by atoms with Gasteiger partial charge in [0.15, 0.2) is 0 Å². The number of aromatic nitrogens is 1. The maximum atomic E-state index is 11.4. The van der Waals surface area contributed by atoms with Crippen LogP contribution in [0.2, 0.25) is 0 Å². The van der Waals surface area contributed by atoms with Gasteiger partial charge >= 0.3 is 0 Å². The van der Waals surface area contributed by atoms with E-state index >= 15 is 0 Å². The minimum atomic E-state index is -0.446. The van der Waals surface area contributed by atoms with Gasteiger partial charge in [-0.3, -0.25) is 14.7 Å². The van der Waals surface area contributed by atoms with Gasteiger partial charge in [-0.15, -0.1) is 0 Å². The van der Waals surface area contributed by atoms with Gasteiger partial charge in [-0.2, -0.15) is 0 Å². The van der Waals surface area contributed by atoms with Crippen molar-refractivity contribution in [2.45, 2.75) is 11.8 Å². The molecule has 1 saturated carbocycles. The van der Waals surface area contributed by atoms with Crippen molar-refractivity contribution in [2.24, 2.45) is 11.7 Å². The molecule has 6 nitrogen and oxygen atoms in total. The van der Waals surface area contributed by atoms with Crippen LogP contribution in [0.3, 0.4) is 0 Å². The number of rotatable bonds is 6. The average molecular weight is 393 g/mol. The van der Waals surface area contributed by atoms with E-state index in [0.717, 1.165) is 56.4 Å². The van der Waals surface area contributed by atoms with E-state index < -0.39 is 5.91 Å². The fraction of sp³-hybridized carbons (Fsp3) is 0.478. The molecule has 3 aliphatic rings. The normalized spacial score (nSPS) is 27.0. The number of likely N-dealkylation sites (tertiary alicyclic amines) is 1. The predicted molar refractivity (Wildman–Crippen MR) is 112 cm³/mol. The molecule has 3 heterocycles. The van der Waals surface area contributed by atoms with E-state index in [1.54, 1.807) is 6.20 Å². The number of amides is 1. The molecule has 0 spiro atoms. The third-order valence-corrected chi connectivity index (χ3v) is 6.87. The van der Waals surface area contributed by atoms with E-state index in [1.807, 2.05) is 6.07 Å². The van der Waals surface area contributed by atoms with Gasteiger partial charge in [-0.05, 0) is 29.5 Å². The van der Waals surface area contributed by atoms with E-state index in [0.29, 0.717) is 11.0 Å². The summed E-state index contributed by atoms with van der Waals surface area (Å²) in [6, 6.07) is 10.6. The standard InChI is InChI=1S/C23H28N4O2/c24-22(28)19-11-18(13-25-14-19)17-1-3-20(4-2-17)23-12-21(23)15-27(16-23)6-5-26-7-9-29-10-8-26/h1-4,11,13-14,21H,5-10,12,15-16H2,(H2,24,28)/t21-,23+/m0/s1. The van der Waals surface area contributed by atoms with Crippen LogP contribution >= 0.6 is 0 Å². The van der Waals surface area contributed by atoms with Crippen molar-refractivity contribution in [3.05, 3.63) is 53.9 Å². The zero-order valence-electron chi connectivity index (χ0n) is 16.7. The molecular weight excluding hydrogens is 364 g/mol. The molecule has 2 N–H and O–H groups in total. The minimum absolute atomic E-state index is 0.344. The zero-order chi connectivity index (χ0) is 19.8. The molecule has 0 bridgehead atoms. The summed E-state index contributed by atoms with van der Waals surface area (Å²) in [4.78, 5) is 20.7. The van der Waals surface area contributed by atoms with E-state index in [-0.39, 0.29) is 0 Å². The second-order valence-electron chi connectivity index (χ2n) is 8.65. The van der Waals surface area contributed by atoms with Crippen LogP contribution < -0.4 is 5.73 Å². The summed E-state index contributed by atoms with van der Waals surface area (Å²) in [5.74, 6) is 0.344. The average Bonchev–Trinajstić information content (AvgIpc) is 3.34. The van der Waals surface area contributed by atoms with Crippen molar-refractivity contribution in [2.75, 3.05) is 52.5 Å². The molecule has 2 aliphatic heterocycles. The number of carbonyl (C=O) groups is 1. The Morgan fingerprint density at radius 2 is 1.86 bits per heavy atom. The Labute approximate surface area is 171 Å². The second-order valence-corrected chi connectivity index (χ2v) is 8.65. The molecule has 5 rings (SSSR count). The molecule has 0 radical (unpaired) electrons. The van der Waals surface area contributed by atoms with Gasteiger partial charge in [-0.1, -0.05) is 24.3 Å². The number of pyridine rings is 1. The number of primary amides is 1. The van der Waals surface area contributed by atoms with E-state index in [2.05, 4.69) is 39.0 Å². The first-order valence-electron chi connectivity index (χ1n) is 10.5. The second kappa shape index (κ2) is 7.52. The summed E-state index contributed by atoms with van der Waals surface area (Å²) in [6.07, 6.45) is 4.60. The summed E-state index contributed by atoms with van der Waals surface area (Å²) in [7, 11) is 0. The number of ether oxygens (including phenoxy) is 1. The molecule has 29 heavy (non-hydrogen) atoms. The minimum Gasteiger partial charge on any atom is -0.379 e. The molecule has 2 saturated heterocycles. The summed E-state index contributed by atoms with van der Waals surface area (Å²) < 4.78 is 5.45. The maximum Gasteiger partial charge on any atom is 0.250 e. The number of morpholine rings is 1. The lowest BCUT2D eigenvalue weighted by Gasteiger charge is -2.29. The van der Waals surface area contributed by atoms with Crippen LogP contribution in [-0.2, 0) is 10.2 Å². The molecule has 1 aromatic heterocycles. The van der Waals surface area contributed by atoms with Gasteiger partial charge in [-0.25, -0.2) is 0 Å². The molecule has 1 amide bonds. The van der Waals surface area contributed by atoms with Crippen molar-refractivity contribution in [3.8, 4) is 11.1 Å². The maximum absolute atomic E-state index is 11.4. The highest BCUT2D eigenvalue weighted by atomic mass is 16.5. The molecule has 6 heteroatoms. The number of nitrogens with zero attached hydrogens (tertiary/aromatic N) is 3. The van der Waals surface area contributed by atoms with Gasteiger partial charge < -0.3 is 15.4 Å². The van der Waals surface area contributed by atoms with Crippen LogP contribution in [0.4, 0.5) is 0 Å². The van der Waals surface area contributed by atoms with Crippen LogP contribution in [0.1, 0.15) is 22.3 Å². The molecular formula is C23H28N4O2. The van der Waals surface area contributed by atoms with E-state index in [9.17, 15) is 4.79 Å². The molecule has 152 valence electrons. The molecule has 2 aromatic rings. The van der Waals surface area contributed by atoms with Gasteiger partial charge in [0, 0.05) is 62.6 Å². The lowest BCUT2D eigenvalue weighted by molar-refractivity contribution is 0.0338. The largest absolute Gasteiger partial charge is 0.379 e. The number of carbonyl (C=O) groups excluding carboxylic acids is 1. The van der Waals surface area contributed by atoms with Crippen LogP contribution in [0.15, 0.2) is 42.7 Å². The van der Waals surface area contributed by atoms with Crippen molar-refractivity contribution in [1.82, 2.24) is 14.8 Å². The van der Waals surface area contributed by atoms with Crippen LogP contribution in [-0.4, -0.2) is 73.2 Å². The summed E-state index contributed by atoms with van der Waals surface area (Å²) in [5.41, 5.74) is 9.61. The Kier molecular flexibility index (Phi) is 4.86. The Balaban J connectivity index is 1.24. The topological polar surface area (TPSA) is 71.7 Å². The Hall–Kier alpha value is -2.28. The molecule has 1 aliphatic carbocycles. The highest BCUT2D eigenvalue weighted by Crippen LogP contribution is 2.59. The third kappa shape index (κ3) is 3.68. The highest BCUT2D eigenvalue weighted by Gasteiger charge is 2.60. The first kappa shape index (κ1) is 18.7. The first-order valence-corrected chi connectivity index (χ1v) is 10.5. The molecule has 1 aromatic carbocycles. The predicted octanol–water partition coefficient (Wildman–Crippen LogP) is 1.75. The first-order chi connectivity index (χ1) is 14.1. The number of fused-ring (bicyclic) bond motifs is 1. The van der Waals surface area contributed by atoms with E-state index in [1.165, 1.54) is 31.3 Å². The molecule has 2 atom stereocenters. The number of benzene rings is 1. The van der Waals surface area contributed by atoms with E-state index in [4.69, 9.17) is 10.5 Å².